The summed E-state index contributed by atoms with van der Waals surface area (Å²) in [5.74, 6) is -0.484. The summed E-state index contributed by atoms with van der Waals surface area (Å²) >= 11 is 0. The van der Waals surface area contributed by atoms with Crippen LogP contribution < -0.4 is 10.6 Å². The molecule has 2 fully saturated rings. The van der Waals surface area contributed by atoms with Crippen LogP contribution in [0, 0.1) is 11.3 Å². The fourth-order valence-corrected chi connectivity index (χ4v) is 7.27. The molecule has 0 saturated carbocycles. The van der Waals surface area contributed by atoms with Crippen LogP contribution in [0.15, 0.2) is 23.3 Å². The van der Waals surface area contributed by atoms with Crippen LogP contribution in [0.2, 0.25) is 0 Å². The van der Waals surface area contributed by atoms with Gasteiger partial charge in [0.15, 0.2) is 0 Å². The molecule has 1 aliphatic carbocycles. The summed E-state index contributed by atoms with van der Waals surface area (Å²) in [7, 11) is 1.76. The van der Waals surface area contributed by atoms with Gasteiger partial charge in [-0.05, 0) is 96.4 Å². The second-order valence-electron chi connectivity index (χ2n) is 15.5. The first-order valence-electron chi connectivity index (χ1n) is 17.9. The lowest BCUT2D eigenvalue weighted by molar-refractivity contribution is -0.142. The molecule has 46 heavy (non-hydrogen) atoms. The number of likely N-dealkylation sites (N-methyl/N-ethyl adjacent to an activating group) is 1. The number of likely N-dealkylation sites (tertiary alicyclic amines) is 2. The Hall–Kier alpha value is -2.68. The van der Waals surface area contributed by atoms with E-state index in [2.05, 4.69) is 35.5 Å². The largest absolute Gasteiger partial charge is 0.354 e. The Kier molecular flexibility index (Phi) is 13.9. The van der Waals surface area contributed by atoms with Gasteiger partial charge in [-0.15, -0.1) is 0 Å². The molecule has 9 heteroatoms. The van der Waals surface area contributed by atoms with Crippen molar-refractivity contribution in [2.75, 3.05) is 26.7 Å². The van der Waals surface area contributed by atoms with E-state index in [-0.39, 0.29) is 47.7 Å². The van der Waals surface area contributed by atoms with Gasteiger partial charge in [0.2, 0.25) is 23.6 Å². The molecule has 0 aromatic rings. The molecule has 4 atom stereocenters. The first-order valence-corrected chi connectivity index (χ1v) is 17.9. The van der Waals surface area contributed by atoms with Gasteiger partial charge in [0.25, 0.3) is 0 Å². The van der Waals surface area contributed by atoms with E-state index >= 15 is 0 Å². The van der Waals surface area contributed by atoms with Crippen LogP contribution >= 0.6 is 0 Å². The van der Waals surface area contributed by atoms with Crippen LogP contribution in [0.1, 0.15) is 120 Å². The highest BCUT2D eigenvalue weighted by Gasteiger charge is 2.40. The normalized spacial score (nSPS) is 22.8. The molecule has 0 aromatic carbocycles. The lowest BCUT2D eigenvalue weighted by atomic mass is 9.84. The molecule has 4 amide bonds. The molecule has 3 rings (SSSR count). The molecule has 2 N–H and O–H groups in total. The predicted octanol–water partition coefficient (Wildman–Crippen LogP) is 5.21. The van der Waals surface area contributed by atoms with Crippen molar-refractivity contribution in [3.05, 3.63) is 23.3 Å². The van der Waals surface area contributed by atoms with Gasteiger partial charge in [0.05, 0.1) is 12.1 Å². The maximum Gasteiger partial charge on any atom is 0.249 e. The molecule has 2 heterocycles. The summed E-state index contributed by atoms with van der Waals surface area (Å²) in [4.78, 5) is 60.3. The Morgan fingerprint density at radius 2 is 1.65 bits per heavy atom. The van der Waals surface area contributed by atoms with Gasteiger partial charge in [-0.3, -0.25) is 24.1 Å². The smallest absolute Gasteiger partial charge is 0.249 e. The minimum Gasteiger partial charge on any atom is -0.354 e. The minimum absolute atomic E-state index is 0.0227. The van der Waals surface area contributed by atoms with Crippen molar-refractivity contribution in [1.82, 2.24) is 25.3 Å². The predicted molar refractivity (Wildman–Crippen MR) is 185 cm³/mol. The van der Waals surface area contributed by atoms with Crippen molar-refractivity contribution in [2.24, 2.45) is 11.3 Å². The monoisotopic (exact) mass is 641 g/mol. The third-order valence-electron chi connectivity index (χ3n) is 10.1. The average molecular weight is 642 g/mol. The molecule has 0 spiro atoms. The van der Waals surface area contributed by atoms with Gasteiger partial charge in [-0.1, -0.05) is 58.8 Å². The van der Waals surface area contributed by atoms with E-state index in [1.165, 1.54) is 18.4 Å². The first kappa shape index (κ1) is 37.8. The summed E-state index contributed by atoms with van der Waals surface area (Å²) in [5.41, 5.74) is 1.43. The van der Waals surface area contributed by atoms with E-state index in [1.54, 1.807) is 23.8 Å². The Balaban J connectivity index is 1.71. The molecule has 0 bridgehead atoms. The van der Waals surface area contributed by atoms with Crippen molar-refractivity contribution in [2.45, 2.75) is 150 Å². The average Bonchev–Trinajstić information content (AvgIpc) is 3.51. The summed E-state index contributed by atoms with van der Waals surface area (Å²) in [6.07, 6.45) is 14.1. The van der Waals surface area contributed by atoms with E-state index in [1.807, 2.05) is 40.7 Å². The van der Waals surface area contributed by atoms with Crippen LogP contribution in [-0.2, 0) is 19.2 Å². The Morgan fingerprint density at radius 3 is 2.26 bits per heavy atom. The molecule has 2 aliphatic heterocycles. The zero-order valence-electron chi connectivity index (χ0n) is 30.3. The topological polar surface area (TPSA) is 102 Å². The van der Waals surface area contributed by atoms with Crippen molar-refractivity contribution < 1.29 is 19.2 Å². The molecule has 0 radical (unpaired) electrons. The van der Waals surface area contributed by atoms with Crippen molar-refractivity contribution in [3.8, 4) is 0 Å². The second-order valence-corrected chi connectivity index (χ2v) is 15.5. The van der Waals surface area contributed by atoms with Gasteiger partial charge >= 0.3 is 0 Å². The van der Waals surface area contributed by atoms with Crippen LogP contribution in [0.4, 0.5) is 0 Å². The molecule has 9 nitrogen and oxygen atoms in total. The second kappa shape index (κ2) is 16.9. The van der Waals surface area contributed by atoms with Gasteiger partial charge < -0.3 is 20.4 Å². The van der Waals surface area contributed by atoms with Crippen molar-refractivity contribution in [3.63, 3.8) is 0 Å². The highest BCUT2D eigenvalue weighted by atomic mass is 16.2. The summed E-state index contributed by atoms with van der Waals surface area (Å²) in [6.45, 7) is 18.0. The third-order valence-corrected chi connectivity index (χ3v) is 10.1. The number of amides is 4. The van der Waals surface area contributed by atoms with Crippen molar-refractivity contribution in [1.29, 1.82) is 0 Å². The zero-order valence-corrected chi connectivity index (χ0v) is 30.3. The number of nitrogens with zero attached hydrogens (tertiary/aromatic N) is 3. The van der Waals surface area contributed by atoms with Gasteiger partial charge in [0.1, 0.15) is 12.1 Å². The maximum absolute atomic E-state index is 14.1. The molecule has 260 valence electrons. The molecule has 3 aliphatic rings. The fourth-order valence-electron chi connectivity index (χ4n) is 7.27. The van der Waals surface area contributed by atoms with E-state index in [0.717, 1.165) is 51.5 Å². The van der Waals surface area contributed by atoms with E-state index in [4.69, 9.17) is 0 Å². The molecular weight excluding hydrogens is 578 g/mol. The Bertz CT molecular complexity index is 1140. The Morgan fingerprint density at radius 1 is 0.957 bits per heavy atom. The number of piperidine rings is 1. The zero-order chi connectivity index (χ0) is 34.2. The van der Waals surface area contributed by atoms with Crippen LogP contribution in [0.3, 0.4) is 0 Å². The highest BCUT2D eigenvalue weighted by Crippen LogP contribution is 2.27. The lowest BCUT2D eigenvalue weighted by Gasteiger charge is -2.41. The minimum atomic E-state index is -0.720. The molecule has 0 aromatic heterocycles. The number of rotatable bonds is 12. The van der Waals surface area contributed by atoms with Crippen LogP contribution in [0.25, 0.3) is 0 Å². The Labute approximate surface area is 279 Å². The first-order chi connectivity index (χ1) is 21.6. The van der Waals surface area contributed by atoms with Gasteiger partial charge in [-0.2, -0.15) is 0 Å². The van der Waals surface area contributed by atoms with Crippen molar-refractivity contribution >= 4 is 23.6 Å². The summed E-state index contributed by atoms with van der Waals surface area (Å²) in [6, 6.07) is -1.55. The van der Waals surface area contributed by atoms with E-state index in [0.29, 0.717) is 25.1 Å². The molecule has 1 unspecified atom stereocenters. The quantitative estimate of drug-likeness (QED) is 0.225. The fraction of sp³-hybridized carbons (Fsp3) is 0.784. The maximum atomic E-state index is 14.1. The number of carbonyl (C=O) groups is 4. The van der Waals surface area contributed by atoms with E-state index in [9.17, 15) is 19.2 Å². The summed E-state index contributed by atoms with van der Waals surface area (Å²) in [5, 5.41) is 6.23. The highest BCUT2D eigenvalue weighted by molar-refractivity contribution is 5.97. The summed E-state index contributed by atoms with van der Waals surface area (Å²) < 4.78 is 0. The van der Waals surface area contributed by atoms with Crippen LogP contribution in [-0.4, -0.2) is 95.2 Å². The molecular formula is C37H63N5O4. The van der Waals surface area contributed by atoms with Gasteiger partial charge in [-0.25, -0.2) is 0 Å². The number of hydrogen-bond donors (Lipinski definition) is 2. The number of hydrogen-bond acceptors (Lipinski definition) is 5. The standard InChI is InChI=1S/C37H63N5O4/c1-25(2)31(40(9)36(46)32(37(6,7)8)39-34(44)30-18-13-14-22-41(30)26(3)4)24-27(5)35(45)42-23-15-19-29(42)33(43)38-21-20-28-16-11-10-12-17-28/h16,24-26,29-32H,10-15,17-23H2,1-9H3,(H,38,43)(H,39,44)/t29-,30?,31+,32+/m0/s1. The lowest BCUT2D eigenvalue weighted by Crippen LogP contribution is -2.60. The molecule has 2 saturated heterocycles. The number of carbonyl (C=O) groups excluding carboxylic acids is 4. The number of allylic oxidation sites excluding steroid dienone is 1. The SMILES string of the molecule is CC(=C[C@H](C(C)C)N(C)C(=O)[C@@H](NC(=O)C1CCCCN1C(C)C)C(C)(C)C)C(=O)N1CCC[C@H]1C(=O)NCCC1=CCCCC1. The van der Waals surface area contributed by atoms with Crippen LogP contribution in [0.5, 0.6) is 0 Å². The third kappa shape index (κ3) is 9.91. The van der Waals surface area contributed by atoms with Gasteiger partial charge in [0, 0.05) is 31.8 Å². The van der Waals surface area contributed by atoms with E-state index < -0.39 is 17.5 Å². The number of nitrogens with one attached hydrogen (secondary N) is 2.